The van der Waals surface area contributed by atoms with Crippen LogP contribution >= 0.6 is 11.6 Å². The lowest BCUT2D eigenvalue weighted by molar-refractivity contribution is 0.190. The maximum absolute atomic E-state index is 12.6. The summed E-state index contributed by atoms with van der Waals surface area (Å²) < 4.78 is 50.7. The predicted octanol–water partition coefficient (Wildman–Crippen LogP) is 2.02. The molecule has 1 aliphatic heterocycles. The van der Waals surface area contributed by atoms with E-state index in [1.54, 1.807) is 43.3 Å². The van der Waals surface area contributed by atoms with Gasteiger partial charge >= 0.3 is 0 Å². The predicted molar refractivity (Wildman–Crippen MR) is 106 cm³/mol. The summed E-state index contributed by atoms with van der Waals surface area (Å²) >= 11 is 5.90. The van der Waals surface area contributed by atoms with Crippen LogP contribution in [0.5, 0.6) is 0 Å². The van der Waals surface area contributed by atoms with Crippen LogP contribution in [0.25, 0.3) is 0 Å². The zero-order valence-electron chi connectivity index (χ0n) is 14.4. The highest BCUT2D eigenvalue weighted by molar-refractivity contribution is 7.92. The normalized spacial score (nSPS) is 21.7. The van der Waals surface area contributed by atoms with Gasteiger partial charge in [0, 0.05) is 16.4 Å². The van der Waals surface area contributed by atoms with Crippen LogP contribution in [0.3, 0.4) is 0 Å². The molecule has 0 aromatic heterocycles. The molecule has 0 saturated carbocycles. The average molecular weight is 431 g/mol. The van der Waals surface area contributed by atoms with Crippen molar-refractivity contribution in [1.82, 2.24) is 0 Å². The van der Waals surface area contributed by atoms with Gasteiger partial charge in [-0.15, -0.1) is 0 Å². The number of sulfonamides is 1. The zero-order valence-corrected chi connectivity index (χ0v) is 16.8. The van der Waals surface area contributed by atoms with Crippen molar-refractivity contribution < 1.29 is 21.9 Å². The highest BCUT2D eigenvalue weighted by Crippen LogP contribution is 2.24. The summed E-state index contributed by atoms with van der Waals surface area (Å²) in [7, 11) is -7.05. The smallest absolute Gasteiger partial charge is 0.262 e. The second-order valence-corrected chi connectivity index (χ2v) is 10.7. The Balaban J connectivity index is 1.73. The third-order valence-electron chi connectivity index (χ3n) is 4.25. The van der Waals surface area contributed by atoms with Crippen LogP contribution in [0, 0.1) is 6.92 Å². The van der Waals surface area contributed by atoms with Crippen molar-refractivity contribution in [3.8, 4) is 0 Å². The maximum Gasteiger partial charge on any atom is 0.262 e. The number of aliphatic hydroxyl groups is 1. The van der Waals surface area contributed by atoms with Gasteiger partial charge < -0.3 is 10.4 Å². The van der Waals surface area contributed by atoms with E-state index in [9.17, 15) is 21.9 Å². The van der Waals surface area contributed by atoms with Crippen molar-refractivity contribution in [2.24, 2.45) is 0 Å². The van der Waals surface area contributed by atoms with Crippen molar-refractivity contribution >= 4 is 42.8 Å². The number of halogens is 1. The van der Waals surface area contributed by atoms with E-state index in [4.69, 9.17) is 11.6 Å². The second kappa shape index (κ2) is 7.31. The van der Waals surface area contributed by atoms with E-state index in [-0.39, 0.29) is 16.4 Å². The van der Waals surface area contributed by atoms with Crippen LogP contribution < -0.4 is 10.0 Å². The fourth-order valence-electron chi connectivity index (χ4n) is 2.89. The molecule has 3 N–H and O–H groups in total. The minimum absolute atomic E-state index is 0.0940. The van der Waals surface area contributed by atoms with Crippen molar-refractivity contribution in [2.75, 3.05) is 21.5 Å². The molecule has 2 aromatic rings. The summed E-state index contributed by atoms with van der Waals surface area (Å²) in [5, 5.41) is 13.1. The Bertz CT molecular complexity index is 1050. The van der Waals surface area contributed by atoms with Crippen LogP contribution in [0.2, 0.25) is 5.02 Å². The van der Waals surface area contributed by atoms with E-state index in [1.165, 1.54) is 6.07 Å². The summed E-state index contributed by atoms with van der Waals surface area (Å²) in [4.78, 5) is 0.0940. The fourth-order valence-corrected chi connectivity index (χ4v) is 6.20. The molecule has 0 aliphatic carbocycles. The van der Waals surface area contributed by atoms with Gasteiger partial charge in [-0.1, -0.05) is 17.7 Å². The molecule has 0 radical (unpaired) electrons. The lowest BCUT2D eigenvalue weighted by Crippen LogP contribution is -2.31. The van der Waals surface area contributed by atoms with Crippen LogP contribution in [0.15, 0.2) is 47.4 Å². The second-order valence-electron chi connectivity index (χ2n) is 6.49. The summed E-state index contributed by atoms with van der Waals surface area (Å²) in [6.45, 7) is 1.68. The molecule has 27 heavy (non-hydrogen) atoms. The Labute approximate surface area is 163 Å². The molecule has 2 atom stereocenters. The highest BCUT2D eigenvalue weighted by Gasteiger charge is 2.36. The van der Waals surface area contributed by atoms with E-state index in [0.29, 0.717) is 22.0 Å². The van der Waals surface area contributed by atoms with E-state index in [0.717, 1.165) is 0 Å². The molecule has 1 saturated heterocycles. The van der Waals surface area contributed by atoms with Crippen LogP contribution in [-0.4, -0.2) is 45.6 Å². The lowest BCUT2D eigenvalue weighted by Gasteiger charge is -2.17. The van der Waals surface area contributed by atoms with Crippen LogP contribution in [0.4, 0.5) is 11.4 Å². The van der Waals surface area contributed by atoms with Crippen molar-refractivity contribution in [2.45, 2.75) is 24.0 Å². The number of aryl methyl sites for hydroxylation is 1. The molecule has 1 fully saturated rings. The topological polar surface area (TPSA) is 113 Å². The van der Waals surface area contributed by atoms with Gasteiger partial charge in [0.15, 0.2) is 9.84 Å². The Morgan fingerprint density at radius 3 is 2.30 bits per heavy atom. The average Bonchev–Trinajstić information content (AvgIpc) is 2.83. The van der Waals surface area contributed by atoms with E-state index in [1.807, 2.05) is 0 Å². The Morgan fingerprint density at radius 1 is 1.07 bits per heavy atom. The Morgan fingerprint density at radius 2 is 1.70 bits per heavy atom. The number of benzene rings is 2. The first-order valence-electron chi connectivity index (χ1n) is 8.10. The molecular weight excluding hydrogens is 412 g/mol. The molecule has 3 rings (SSSR count). The minimum atomic E-state index is -3.80. The Hall–Kier alpha value is -1.81. The third kappa shape index (κ3) is 4.73. The Kier molecular flexibility index (Phi) is 5.40. The molecule has 1 heterocycles. The van der Waals surface area contributed by atoms with Crippen molar-refractivity contribution in [3.63, 3.8) is 0 Å². The number of hydrogen-bond acceptors (Lipinski definition) is 6. The molecular formula is C17H19ClN2O5S2. The molecule has 1 aliphatic rings. The molecule has 2 aromatic carbocycles. The SMILES string of the molecule is Cc1ccc(Cl)cc1S(=O)(=O)Nc1ccc(N[C@H]2CS(=O)(=O)C[C@H]2O)cc1. The molecule has 146 valence electrons. The number of rotatable bonds is 5. The number of sulfone groups is 1. The highest BCUT2D eigenvalue weighted by atomic mass is 35.5. The summed E-state index contributed by atoms with van der Waals surface area (Å²) in [6.07, 6.45) is -0.973. The van der Waals surface area contributed by atoms with Gasteiger partial charge in [0.25, 0.3) is 10.0 Å². The number of nitrogens with one attached hydrogen (secondary N) is 2. The standard InChI is InChI=1S/C17H19ClN2O5S2/c1-11-2-3-12(18)8-17(11)27(24,25)20-14-6-4-13(5-7-14)19-15-9-26(22,23)10-16(15)21/h2-8,15-16,19-21H,9-10H2,1H3/t15-,16+/m0/s1. The van der Waals surface area contributed by atoms with Crippen LogP contribution in [0.1, 0.15) is 5.56 Å². The largest absolute Gasteiger partial charge is 0.390 e. The van der Waals surface area contributed by atoms with Gasteiger partial charge in [0.2, 0.25) is 0 Å². The number of hydrogen-bond donors (Lipinski definition) is 3. The first-order chi connectivity index (χ1) is 12.6. The summed E-state index contributed by atoms with van der Waals surface area (Å²) in [6, 6.07) is 10.4. The molecule has 0 spiro atoms. The van der Waals surface area contributed by atoms with Gasteiger partial charge in [-0.3, -0.25) is 4.72 Å². The van der Waals surface area contributed by atoms with Crippen molar-refractivity contribution in [1.29, 1.82) is 0 Å². The van der Waals surface area contributed by atoms with Gasteiger partial charge in [-0.2, -0.15) is 0 Å². The van der Waals surface area contributed by atoms with Gasteiger partial charge in [0.1, 0.15) is 0 Å². The number of anilines is 2. The molecule has 0 amide bonds. The third-order valence-corrected chi connectivity index (χ3v) is 7.73. The monoisotopic (exact) mass is 430 g/mol. The first kappa shape index (κ1) is 19.9. The summed E-state index contributed by atoms with van der Waals surface area (Å²) in [5.74, 6) is -0.405. The first-order valence-corrected chi connectivity index (χ1v) is 11.8. The van der Waals surface area contributed by atoms with Gasteiger partial charge in [0.05, 0.1) is 28.5 Å². The van der Waals surface area contributed by atoms with Gasteiger partial charge in [-0.25, -0.2) is 16.8 Å². The molecule has 0 unspecified atom stereocenters. The van der Waals surface area contributed by atoms with E-state index < -0.39 is 32.0 Å². The van der Waals surface area contributed by atoms with Crippen molar-refractivity contribution in [3.05, 3.63) is 53.1 Å². The van der Waals surface area contributed by atoms with Gasteiger partial charge in [-0.05, 0) is 48.9 Å². The lowest BCUT2D eigenvalue weighted by atomic mass is 10.2. The molecule has 0 bridgehead atoms. The fraction of sp³-hybridized carbons (Fsp3) is 0.294. The molecule has 10 heteroatoms. The summed E-state index contributed by atoms with van der Waals surface area (Å²) in [5.41, 5.74) is 1.50. The maximum atomic E-state index is 12.6. The van der Waals surface area contributed by atoms with Crippen LogP contribution in [-0.2, 0) is 19.9 Å². The van der Waals surface area contributed by atoms with E-state index in [2.05, 4.69) is 10.0 Å². The zero-order chi connectivity index (χ0) is 19.8. The molecule has 7 nitrogen and oxygen atoms in total. The number of aliphatic hydroxyl groups excluding tert-OH is 1. The minimum Gasteiger partial charge on any atom is -0.390 e. The van der Waals surface area contributed by atoms with E-state index >= 15 is 0 Å². The quantitative estimate of drug-likeness (QED) is 0.668.